The van der Waals surface area contributed by atoms with Crippen LogP contribution in [0.25, 0.3) is 0 Å². The lowest BCUT2D eigenvalue weighted by atomic mass is 9.77. The van der Waals surface area contributed by atoms with Crippen molar-refractivity contribution in [2.45, 2.75) is 32.4 Å². The maximum Gasteiger partial charge on any atom is 0.236 e. The van der Waals surface area contributed by atoms with Gasteiger partial charge in [-0.2, -0.15) is 0 Å². The molecule has 3 rings (SSSR count). The molecule has 8 nitrogen and oxygen atoms in total. The minimum absolute atomic E-state index is 0.000262. The zero-order valence-corrected chi connectivity index (χ0v) is 22.0. The second-order valence-electron chi connectivity index (χ2n) is 8.37. The smallest absolute Gasteiger partial charge is 0.236 e. The number of halogens is 2. The lowest BCUT2D eigenvalue weighted by Gasteiger charge is -2.28. The van der Waals surface area contributed by atoms with E-state index >= 15 is 0 Å². The average Bonchev–Trinajstić information content (AvgIpc) is 2.81. The number of nitrogens with one attached hydrogen (secondary N) is 1. The Morgan fingerprint density at radius 2 is 1.80 bits per heavy atom. The van der Waals surface area contributed by atoms with Crippen molar-refractivity contribution < 1.29 is 17.9 Å². The molecule has 0 bridgehead atoms. The first kappa shape index (κ1) is 27.0. The summed E-state index contributed by atoms with van der Waals surface area (Å²) in [6.45, 7) is 5.00. The third kappa shape index (κ3) is 7.20. The standard InChI is InChI=1S/C24H28Cl2N4O4S/c1-24(2,18-12-16(14-27)22(21(26)13-18)33-11-9-25)17-4-6-20(7-5-17)34-15-19-8-10-28-23(29-19)30-35(3,31)32/h4-8,10,12-13H,9,11,14-15,27H2,1-3H3,(H,28,29,30). The molecule has 0 amide bonds. The molecule has 11 heteroatoms. The molecule has 0 saturated carbocycles. The third-order valence-corrected chi connectivity index (χ3v) is 6.33. The number of ether oxygens (including phenoxy) is 2. The van der Waals surface area contributed by atoms with Crippen molar-refractivity contribution in [3.8, 4) is 11.5 Å². The first-order valence-electron chi connectivity index (χ1n) is 10.8. The van der Waals surface area contributed by atoms with Gasteiger partial charge in [-0.25, -0.2) is 18.4 Å². The zero-order chi connectivity index (χ0) is 25.6. The van der Waals surface area contributed by atoms with Gasteiger partial charge in [-0.05, 0) is 41.5 Å². The van der Waals surface area contributed by atoms with E-state index in [4.69, 9.17) is 38.4 Å². The molecule has 2 aromatic carbocycles. The van der Waals surface area contributed by atoms with E-state index in [0.717, 1.165) is 22.9 Å². The molecule has 0 aliphatic heterocycles. The number of rotatable bonds is 11. The topological polar surface area (TPSA) is 116 Å². The van der Waals surface area contributed by atoms with Gasteiger partial charge in [0.15, 0.2) is 0 Å². The largest absolute Gasteiger partial charge is 0.490 e. The van der Waals surface area contributed by atoms with Crippen LogP contribution in [0.4, 0.5) is 5.95 Å². The van der Waals surface area contributed by atoms with Gasteiger partial charge in [-0.15, -0.1) is 11.6 Å². The molecule has 0 aliphatic rings. The van der Waals surface area contributed by atoms with Gasteiger partial charge in [0.2, 0.25) is 16.0 Å². The maximum absolute atomic E-state index is 11.4. The highest BCUT2D eigenvalue weighted by Gasteiger charge is 2.25. The first-order valence-corrected chi connectivity index (χ1v) is 13.6. The van der Waals surface area contributed by atoms with Crippen LogP contribution in [-0.4, -0.2) is 37.1 Å². The zero-order valence-electron chi connectivity index (χ0n) is 19.7. The number of alkyl halides is 1. The predicted molar refractivity (Wildman–Crippen MR) is 139 cm³/mol. The monoisotopic (exact) mass is 538 g/mol. The lowest BCUT2D eigenvalue weighted by Crippen LogP contribution is -2.20. The normalized spacial score (nSPS) is 11.8. The van der Waals surface area contributed by atoms with E-state index in [2.05, 4.69) is 28.5 Å². The maximum atomic E-state index is 11.4. The SMILES string of the molecule is CC(C)(c1ccc(OCc2ccnc(NS(C)(=O)=O)n2)cc1)c1cc(Cl)c(OCCCl)c(CN)c1. The van der Waals surface area contributed by atoms with E-state index in [0.29, 0.717) is 41.2 Å². The molecule has 0 atom stereocenters. The number of nitrogens with two attached hydrogens (primary N) is 1. The van der Waals surface area contributed by atoms with E-state index in [-0.39, 0.29) is 18.0 Å². The fourth-order valence-corrected chi connectivity index (χ4v) is 4.25. The molecule has 1 aromatic heterocycles. The van der Waals surface area contributed by atoms with Crippen molar-refractivity contribution >= 4 is 39.2 Å². The summed E-state index contributed by atoms with van der Waals surface area (Å²) in [6.07, 6.45) is 2.51. The van der Waals surface area contributed by atoms with Crippen LogP contribution in [0, 0.1) is 0 Å². The highest BCUT2D eigenvalue weighted by atomic mass is 35.5. The number of hydrogen-bond acceptors (Lipinski definition) is 7. The van der Waals surface area contributed by atoms with Crippen LogP contribution in [-0.2, 0) is 28.6 Å². The van der Waals surface area contributed by atoms with Crippen molar-refractivity contribution in [3.05, 3.63) is 76.1 Å². The first-order chi connectivity index (χ1) is 16.5. The summed E-state index contributed by atoms with van der Waals surface area (Å²) < 4.78 is 36.5. The number of anilines is 1. The summed E-state index contributed by atoms with van der Waals surface area (Å²) in [5.41, 5.74) is 9.00. The molecular formula is C24H28Cl2N4O4S. The van der Waals surface area contributed by atoms with Gasteiger partial charge in [-0.1, -0.05) is 37.6 Å². The Morgan fingerprint density at radius 1 is 1.09 bits per heavy atom. The summed E-state index contributed by atoms with van der Waals surface area (Å²) in [4.78, 5) is 8.05. The van der Waals surface area contributed by atoms with Crippen molar-refractivity contribution in [1.82, 2.24) is 9.97 Å². The summed E-state index contributed by atoms with van der Waals surface area (Å²) >= 11 is 12.3. The molecule has 0 saturated heterocycles. The van der Waals surface area contributed by atoms with Crippen molar-refractivity contribution in [3.63, 3.8) is 0 Å². The van der Waals surface area contributed by atoms with E-state index in [9.17, 15) is 8.42 Å². The average molecular weight is 539 g/mol. The second-order valence-corrected chi connectivity index (χ2v) is 10.9. The summed E-state index contributed by atoms with van der Waals surface area (Å²) in [7, 11) is -3.46. The van der Waals surface area contributed by atoms with Gasteiger partial charge in [-0.3, -0.25) is 4.72 Å². The fourth-order valence-electron chi connectivity index (χ4n) is 3.45. The molecule has 0 spiro atoms. The Hall–Kier alpha value is -2.59. The van der Waals surface area contributed by atoms with Crippen LogP contribution < -0.4 is 19.9 Å². The molecule has 0 aliphatic carbocycles. The van der Waals surface area contributed by atoms with Crippen molar-refractivity contribution in [2.24, 2.45) is 5.73 Å². The summed E-state index contributed by atoms with van der Waals surface area (Å²) in [6, 6.07) is 13.3. The van der Waals surface area contributed by atoms with Gasteiger partial charge < -0.3 is 15.2 Å². The fraction of sp³-hybridized carbons (Fsp3) is 0.333. The molecule has 1 heterocycles. The predicted octanol–water partition coefficient (Wildman–Crippen LogP) is 4.48. The number of sulfonamides is 1. The lowest BCUT2D eigenvalue weighted by molar-refractivity contribution is 0.301. The molecule has 188 valence electrons. The van der Waals surface area contributed by atoms with E-state index < -0.39 is 10.0 Å². The van der Waals surface area contributed by atoms with Gasteiger partial charge >= 0.3 is 0 Å². The molecule has 0 unspecified atom stereocenters. The van der Waals surface area contributed by atoms with Crippen molar-refractivity contribution in [1.29, 1.82) is 0 Å². The van der Waals surface area contributed by atoms with Gasteiger partial charge in [0.05, 0.1) is 22.9 Å². The Labute approximate surface area is 215 Å². The molecule has 0 radical (unpaired) electrons. The minimum atomic E-state index is -3.46. The highest BCUT2D eigenvalue weighted by molar-refractivity contribution is 7.91. The van der Waals surface area contributed by atoms with Crippen LogP contribution in [0.5, 0.6) is 11.5 Å². The van der Waals surface area contributed by atoms with Crippen LogP contribution >= 0.6 is 23.2 Å². The van der Waals surface area contributed by atoms with E-state index in [1.54, 1.807) is 6.07 Å². The Kier molecular flexibility index (Phi) is 8.82. The number of aromatic nitrogens is 2. The van der Waals surface area contributed by atoms with E-state index in [1.165, 1.54) is 6.20 Å². The number of benzene rings is 2. The molecule has 0 fully saturated rings. The van der Waals surface area contributed by atoms with E-state index in [1.807, 2.05) is 36.4 Å². The summed E-state index contributed by atoms with van der Waals surface area (Å²) in [5.74, 6) is 1.57. The Morgan fingerprint density at radius 3 is 2.43 bits per heavy atom. The van der Waals surface area contributed by atoms with Crippen LogP contribution in [0.2, 0.25) is 5.02 Å². The van der Waals surface area contributed by atoms with Crippen LogP contribution in [0.1, 0.15) is 36.2 Å². The quantitative estimate of drug-likeness (QED) is 0.345. The van der Waals surface area contributed by atoms with Crippen molar-refractivity contribution in [2.75, 3.05) is 23.5 Å². The van der Waals surface area contributed by atoms with Crippen LogP contribution in [0.3, 0.4) is 0 Å². The van der Waals surface area contributed by atoms with Gasteiger partial charge in [0, 0.05) is 23.7 Å². The van der Waals surface area contributed by atoms with Crippen LogP contribution in [0.15, 0.2) is 48.7 Å². The Balaban J connectivity index is 1.74. The molecular weight excluding hydrogens is 511 g/mol. The minimum Gasteiger partial charge on any atom is -0.490 e. The van der Waals surface area contributed by atoms with Gasteiger partial charge in [0.1, 0.15) is 24.7 Å². The molecule has 3 aromatic rings. The molecule has 3 N–H and O–H groups in total. The second kappa shape index (κ2) is 11.4. The third-order valence-electron chi connectivity index (χ3n) is 5.34. The Bertz CT molecular complexity index is 1270. The number of hydrogen-bond donors (Lipinski definition) is 2. The molecule has 35 heavy (non-hydrogen) atoms. The van der Waals surface area contributed by atoms with Gasteiger partial charge in [0.25, 0.3) is 0 Å². The summed E-state index contributed by atoms with van der Waals surface area (Å²) in [5, 5.41) is 0.496. The number of nitrogens with zero attached hydrogens (tertiary/aromatic N) is 2. The highest BCUT2D eigenvalue weighted by Crippen LogP contribution is 2.38.